The molecule has 0 aliphatic carbocycles. The van der Waals surface area contributed by atoms with E-state index in [1.807, 2.05) is 77.8 Å². The number of hydrogen-bond donors (Lipinski definition) is 0. The molecule has 49 heavy (non-hydrogen) atoms. The van der Waals surface area contributed by atoms with Gasteiger partial charge in [0.05, 0.1) is 18.0 Å². The molecule has 0 saturated heterocycles. The third-order valence-electron chi connectivity index (χ3n) is 8.86. The number of rotatable bonds is 6. The van der Waals surface area contributed by atoms with Gasteiger partial charge in [0.2, 0.25) is 0 Å². The van der Waals surface area contributed by atoms with Gasteiger partial charge in [-0.25, -0.2) is 4.98 Å². The predicted octanol–water partition coefficient (Wildman–Crippen LogP) is 10.4. The fourth-order valence-electron chi connectivity index (χ4n) is 6.68. The fraction of sp³-hybridized carbons (Fsp3) is 0.0465. The molecule has 238 valence electrons. The second-order valence-corrected chi connectivity index (χ2v) is 11.7. The summed E-state index contributed by atoms with van der Waals surface area (Å²) in [7, 11) is 0. The van der Waals surface area contributed by atoms with Gasteiger partial charge in [-0.1, -0.05) is 96.1 Å². The number of aromatic nitrogens is 2. The Morgan fingerprint density at radius 2 is 1.39 bits per heavy atom. The first-order chi connectivity index (χ1) is 24.9. The van der Waals surface area contributed by atoms with Crippen LogP contribution in [0.5, 0.6) is 11.5 Å². The van der Waals surface area contributed by atoms with Crippen molar-refractivity contribution in [3.05, 3.63) is 164 Å². The number of hydrogen-bond acceptors (Lipinski definition) is 4. The topological polar surface area (TPSA) is 33.5 Å². The molecule has 3 heterocycles. The molecule has 1 aliphatic rings. The minimum Gasteiger partial charge on any atom is -0.509 e. The van der Waals surface area contributed by atoms with E-state index in [4.69, 9.17) is 13.8 Å². The van der Waals surface area contributed by atoms with E-state index in [-0.39, 0.29) is 27.7 Å². The van der Waals surface area contributed by atoms with Gasteiger partial charge in [-0.15, -0.1) is 35.7 Å². The molecule has 0 unspecified atom stereocenters. The number of fused-ring (bicyclic) bond motifs is 4. The maximum absolute atomic E-state index is 8.08. The molecule has 5 nitrogen and oxygen atoms in total. The Morgan fingerprint density at radius 3 is 2.24 bits per heavy atom. The van der Waals surface area contributed by atoms with Gasteiger partial charge < -0.3 is 19.1 Å². The Kier molecular flexibility index (Phi) is 7.11. The minimum absolute atomic E-state index is 0. The van der Waals surface area contributed by atoms with Crippen molar-refractivity contribution in [2.75, 3.05) is 23.4 Å². The van der Waals surface area contributed by atoms with Crippen LogP contribution in [0.1, 0.15) is 4.11 Å². The van der Waals surface area contributed by atoms with Crippen LogP contribution in [-0.2, 0) is 21.1 Å². The first kappa shape index (κ1) is 27.3. The zero-order valence-electron chi connectivity index (χ0n) is 29.2. The molecule has 0 N–H and O–H groups in total. The standard InChI is InChI=1S/C43H30N4O.Pt/c1-45-29-46(41-21-10-9-20-40(41)45)32-14-11-15-33(27-32)48-34-22-23-38-37-18-7-8-19-39(37)47(42(38)28-34)43-26-31(24-25-44-43)36-17-6-5-16-35(36)30-12-3-2-4-13-30;/h2-26H,29H2,1H3;/q-2;+2/i1D3;. The molecule has 0 fully saturated rings. The van der Waals surface area contributed by atoms with Crippen molar-refractivity contribution in [1.82, 2.24) is 9.55 Å². The van der Waals surface area contributed by atoms with Crippen molar-refractivity contribution in [3.8, 4) is 39.6 Å². The quantitative estimate of drug-likeness (QED) is 0.157. The summed E-state index contributed by atoms with van der Waals surface area (Å²) in [6.45, 7) is -2.10. The molecule has 2 aromatic heterocycles. The number of anilines is 3. The van der Waals surface area contributed by atoms with E-state index in [0.29, 0.717) is 22.9 Å². The van der Waals surface area contributed by atoms with Crippen molar-refractivity contribution < 1.29 is 29.9 Å². The molecule has 0 spiro atoms. The fourth-order valence-corrected chi connectivity index (χ4v) is 6.68. The molecule has 9 rings (SSSR count). The Labute approximate surface area is 304 Å². The second kappa shape index (κ2) is 12.8. The molecule has 1 aliphatic heterocycles. The van der Waals surface area contributed by atoms with Gasteiger partial charge in [0.15, 0.2) is 0 Å². The van der Waals surface area contributed by atoms with E-state index in [0.717, 1.165) is 55.6 Å². The van der Waals surface area contributed by atoms with E-state index in [1.165, 1.54) is 4.90 Å². The molecule has 0 atom stereocenters. The van der Waals surface area contributed by atoms with E-state index >= 15 is 0 Å². The van der Waals surface area contributed by atoms with Crippen LogP contribution in [0.2, 0.25) is 0 Å². The summed E-state index contributed by atoms with van der Waals surface area (Å²) in [6, 6.07) is 55.4. The SMILES string of the molecule is [2H]C([2H])([2H])N1CN(c2[c-]c(Oc3[c-]c4c(cc3)c3ccccc3n4-c3cc(-c4ccccc4-c4ccccc4)ccn3)ccc2)c2ccccc21.[Pt+2]. The van der Waals surface area contributed by atoms with Gasteiger partial charge >= 0.3 is 21.1 Å². The first-order valence-electron chi connectivity index (χ1n) is 17.3. The largest absolute Gasteiger partial charge is 2.00 e. The number of ether oxygens (including phenoxy) is 1. The Hall–Kier alpha value is -5.64. The predicted molar refractivity (Wildman–Crippen MR) is 195 cm³/mol. The second-order valence-electron chi connectivity index (χ2n) is 11.7. The van der Waals surface area contributed by atoms with Crippen molar-refractivity contribution in [1.29, 1.82) is 0 Å². The van der Waals surface area contributed by atoms with Crippen LogP contribution >= 0.6 is 0 Å². The number of nitrogens with zero attached hydrogens (tertiary/aromatic N) is 4. The van der Waals surface area contributed by atoms with Gasteiger partial charge in [-0.05, 0) is 58.0 Å². The van der Waals surface area contributed by atoms with Gasteiger partial charge in [-0.2, -0.15) is 12.1 Å². The monoisotopic (exact) mass is 816 g/mol. The van der Waals surface area contributed by atoms with Crippen molar-refractivity contribution in [2.24, 2.45) is 0 Å². The van der Waals surface area contributed by atoms with Gasteiger partial charge in [-0.3, -0.25) is 0 Å². The third kappa shape index (κ3) is 5.47. The zero-order valence-corrected chi connectivity index (χ0v) is 28.4. The summed E-state index contributed by atoms with van der Waals surface area (Å²) >= 11 is 0. The van der Waals surface area contributed by atoms with Crippen LogP contribution in [0.15, 0.2) is 152 Å². The molecule has 0 saturated carbocycles. The van der Waals surface area contributed by atoms with E-state index in [9.17, 15) is 0 Å². The van der Waals surface area contributed by atoms with Crippen molar-refractivity contribution >= 4 is 38.9 Å². The molecular weight excluding hydrogens is 784 g/mol. The normalized spacial score (nSPS) is 13.4. The Bertz CT molecular complexity index is 2570. The van der Waals surface area contributed by atoms with E-state index in [1.54, 1.807) is 0 Å². The van der Waals surface area contributed by atoms with Gasteiger partial charge in [0, 0.05) is 34.3 Å². The number of para-hydroxylation sites is 3. The van der Waals surface area contributed by atoms with Crippen LogP contribution in [-0.4, -0.2) is 23.2 Å². The van der Waals surface area contributed by atoms with Crippen LogP contribution in [0.25, 0.3) is 49.9 Å². The van der Waals surface area contributed by atoms with Gasteiger partial charge in [0.1, 0.15) is 5.82 Å². The summed E-state index contributed by atoms with van der Waals surface area (Å²) in [4.78, 5) is 8.23. The van der Waals surface area contributed by atoms with Gasteiger partial charge in [0.25, 0.3) is 0 Å². The molecular formula is C43H30N4OPt. The van der Waals surface area contributed by atoms with E-state index < -0.39 is 6.98 Å². The molecule has 6 heteroatoms. The smallest absolute Gasteiger partial charge is 0.509 e. The molecule has 8 aromatic rings. The zero-order chi connectivity index (χ0) is 34.5. The minimum atomic E-state index is -2.28. The molecule has 0 bridgehead atoms. The Balaban J connectivity index is 0.00000387. The molecule has 6 aromatic carbocycles. The number of benzene rings is 6. The summed E-state index contributed by atoms with van der Waals surface area (Å²) in [5.41, 5.74) is 8.52. The number of pyridine rings is 1. The maximum atomic E-state index is 8.08. The molecule has 0 radical (unpaired) electrons. The summed E-state index contributed by atoms with van der Waals surface area (Å²) < 4.78 is 32.8. The van der Waals surface area contributed by atoms with Crippen molar-refractivity contribution in [2.45, 2.75) is 0 Å². The third-order valence-corrected chi connectivity index (χ3v) is 8.86. The average molecular weight is 817 g/mol. The van der Waals surface area contributed by atoms with Crippen LogP contribution in [0.4, 0.5) is 17.1 Å². The Morgan fingerprint density at radius 1 is 0.653 bits per heavy atom. The molecule has 0 amide bonds. The summed E-state index contributed by atoms with van der Waals surface area (Å²) in [5, 5.41) is 2.12. The van der Waals surface area contributed by atoms with Crippen LogP contribution in [0, 0.1) is 12.1 Å². The van der Waals surface area contributed by atoms with Crippen LogP contribution in [0.3, 0.4) is 0 Å². The summed E-state index contributed by atoms with van der Waals surface area (Å²) in [5.74, 6) is 1.79. The first-order valence-corrected chi connectivity index (χ1v) is 15.8. The average Bonchev–Trinajstić information content (AvgIpc) is 3.72. The van der Waals surface area contributed by atoms with E-state index in [2.05, 4.69) is 95.6 Å². The summed E-state index contributed by atoms with van der Waals surface area (Å²) in [6.07, 6.45) is 1.86. The van der Waals surface area contributed by atoms with Crippen molar-refractivity contribution in [3.63, 3.8) is 0 Å². The maximum Gasteiger partial charge on any atom is 2.00 e. The van der Waals surface area contributed by atoms with Crippen LogP contribution < -0.4 is 14.5 Å².